The van der Waals surface area contributed by atoms with Gasteiger partial charge in [-0.2, -0.15) is 0 Å². The molecule has 6 atom stereocenters. The number of rotatable bonds is 3. The molecule has 6 unspecified atom stereocenters. The zero-order valence-electron chi connectivity index (χ0n) is 20.6. The third kappa shape index (κ3) is 3.77. The Labute approximate surface area is 191 Å². The average molecular weight is 418 g/mol. The van der Waals surface area contributed by atoms with Crippen LogP contribution >= 0.6 is 0 Å². The highest BCUT2D eigenvalue weighted by Crippen LogP contribution is 2.66. The minimum atomic E-state index is 0.336. The van der Waals surface area contributed by atoms with Crippen molar-refractivity contribution in [1.82, 2.24) is 4.98 Å². The Balaban J connectivity index is 0.00000112. The third-order valence-corrected chi connectivity index (χ3v) is 9.40. The summed E-state index contributed by atoms with van der Waals surface area (Å²) < 4.78 is 0. The first-order valence-corrected chi connectivity index (χ1v) is 12.9. The van der Waals surface area contributed by atoms with Crippen LogP contribution in [-0.4, -0.2) is 4.98 Å². The number of hydrogen-bond donors (Lipinski definition) is 0. The molecule has 4 aliphatic rings. The fourth-order valence-electron chi connectivity index (χ4n) is 7.94. The Morgan fingerprint density at radius 3 is 2.55 bits per heavy atom. The molecule has 1 nitrogen and oxygen atoms in total. The summed E-state index contributed by atoms with van der Waals surface area (Å²) in [6.45, 7) is 15.6. The van der Waals surface area contributed by atoms with Gasteiger partial charge in [-0.15, -0.1) is 6.58 Å². The number of fused-ring (bicyclic) bond motifs is 5. The number of aromatic nitrogens is 1. The Morgan fingerprint density at radius 2 is 1.84 bits per heavy atom. The van der Waals surface area contributed by atoms with E-state index in [9.17, 15) is 0 Å². The molecule has 1 heterocycles. The maximum absolute atomic E-state index is 4.42. The summed E-state index contributed by atoms with van der Waals surface area (Å²) in [6.07, 6.45) is 19.9. The van der Waals surface area contributed by atoms with Gasteiger partial charge < -0.3 is 0 Å². The van der Waals surface area contributed by atoms with Crippen molar-refractivity contribution in [2.45, 2.75) is 86.0 Å². The van der Waals surface area contributed by atoms with Gasteiger partial charge in [-0.1, -0.05) is 57.1 Å². The Kier molecular flexibility index (Phi) is 6.35. The number of allylic oxidation sites excluding steroid dienone is 5. The molecule has 31 heavy (non-hydrogen) atoms. The summed E-state index contributed by atoms with van der Waals surface area (Å²) in [5.74, 6) is 3.38. The fraction of sp³-hybridized carbons (Fsp3) is 0.633. The molecule has 0 N–H and O–H groups in total. The molecule has 5 rings (SSSR count). The van der Waals surface area contributed by atoms with Gasteiger partial charge in [0, 0.05) is 12.4 Å². The van der Waals surface area contributed by atoms with Crippen molar-refractivity contribution in [3.05, 3.63) is 60.0 Å². The minimum Gasteiger partial charge on any atom is -0.264 e. The van der Waals surface area contributed by atoms with E-state index in [-0.39, 0.29) is 0 Å². The molecule has 4 aliphatic carbocycles. The van der Waals surface area contributed by atoms with Crippen molar-refractivity contribution >= 4 is 5.57 Å². The second-order valence-electron chi connectivity index (χ2n) is 11.1. The third-order valence-electron chi connectivity index (χ3n) is 9.40. The maximum Gasteiger partial charge on any atom is 0.0343 e. The summed E-state index contributed by atoms with van der Waals surface area (Å²) in [7, 11) is 0. The van der Waals surface area contributed by atoms with Gasteiger partial charge >= 0.3 is 0 Å². The van der Waals surface area contributed by atoms with Crippen LogP contribution in [0.3, 0.4) is 0 Å². The fourth-order valence-corrected chi connectivity index (χ4v) is 7.94. The molecule has 2 fully saturated rings. The lowest BCUT2D eigenvalue weighted by Gasteiger charge is -2.58. The van der Waals surface area contributed by atoms with Crippen LogP contribution in [0.15, 0.2) is 54.4 Å². The van der Waals surface area contributed by atoms with Crippen molar-refractivity contribution < 1.29 is 0 Å². The van der Waals surface area contributed by atoms with E-state index >= 15 is 0 Å². The van der Waals surface area contributed by atoms with E-state index in [2.05, 4.69) is 62.8 Å². The zero-order chi connectivity index (χ0) is 22.2. The van der Waals surface area contributed by atoms with Crippen LogP contribution in [-0.2, 0) is 0 Å². The van der Waals surface area contributed by atoms with Crippen LogP contribution in [0.1, 0.15) is 91.5 Å². The van der Waals surface area contributed by atoms with Gasteiger partial charge in [-0.3, -0.25) is 4.98 Å². The van der Waals surface area contributed by atoms with Crippen LogP contribution < -0.4 is 0 Å². The first-order chi connectivity index (χ1) is 14.9. The summed E-state index contributed by atoms with van der Waals surface area (Å²) in [4.78, 5) is 4.42. The van der Waals surface area contributed by atoms with Crippen molar-refractivity contribution in [3.8, 4) is 0 Å². The topological polar surface area (TPSA) is 12.9 Å². The standard InChI is InChI=1S/C28H37N.C2H6/c1-19(2)16-20-11-13-27(3)22(17-20)7-8-23-25-10-9-24(21-6-5-15-29-18-21)28(25,4)14-12-26(23)27;1-2/h5-7,9,15,18,20,23,25-26H,1,8,10-14,16-17H2,2-4H3;1-2H3. The van der Waals surface area contributed by atoms with E-state index < -0.39 is 0 Å². The highest BCUT2D eigenvalue weighted by Gasteiger charge is 2.56. The predicted molar refractivity (Wildman–Crippen MR) is 134 cm³/mol. The van der Waals surface area contributed by atoms with Crippen molar-refractivity contribution in [1.29, 1.82) is 0 Å². The number of pyridine rings is 1. The summed E-state index contributed by atoms with van der Waals surface area (Å²) in [5.41, 5.74) is 6.89. The van der Waals surface area contributed by atoms with Crippen molar-refractivity contribution in [2.75, 3.05) is 0 Å². The van der Waals surface area contributed by atoms with E-state index in [1.165, 1.54) is 62.5 Å². The highest BCUT2D eigenvalue weighted by molar-refractivity contribution is 5.72. The van der Waals surface area contributed by atoms with Crippen LogP contribution in [0.25, 0.3) is 5.57 Å². The van der Waals surface area contributed by atoms with E-state index in [4.69, 9.17) is 0 Å². The van der Waals surface area contributed by atoms with Gasteiger partial charge in [0.05, 0.1) is 0 Å². The molecule has 0 bridgehead atoms. The molecular weight excluding hydrogens is 374 g/mol. The first kappa shape index (κ1) is 22.6. The zero-order valence-corrected chi connectivity index (χ0v) is 20.6. The van der Waals surface area contributed by atoms with E-state index in [1.807, 2.05) is 20.0 Å². The van der Waals surface area contributed by atoms with E-state index in [0.717, 1.165) is 23.7 Å². The Morgan fingerprint density at radius 1 is 1.06 bits per heavy atom. The molecule has 1 aromatic heterocycles. The molecule has 1 heteroatoms. The molecular formula is C30H43N. The van der Waals surface area contributed by atoms with E-state index in [1.54, 1.807) is 11.1 Å². The molecule has 168 valence electrons. The molecule has 0 saturated heterocycles. The van der Waals surface area contributed by atoms with Crippen molar-refractivity contribution in [2.24, 2.45) is 34.5 Å². The highest BCUT2D eigenvalue weighted by atomic mass is 14.6. The predicted octanol–water partition coefficient (Wildman–Crippen LogP) is 8.65. The second kappa shape index (κ2) is 8.72. The number of hydrogen-bond acceptors (Lipinski definition) is 1. The van der Waals surface area contributed by atoms with Gasteiger partial charge in [0.1, 0.15) is 0 Å². The molecule has 0 radical (unpaired) electrons. The van der Waals surface area contributed by atoms with Gasteiger partial charge in [-0.05, 0) is 110 Å². The lowest BCUT2D eigenvalue weighted by Crippen LogP contribution is -2.49. The SMILES string of the molecule is C=C(C)CC1CCC2(C)C(=CCC3C2CCC2(C)C(c4cccnc4)=CCC32)C1.CC. The Hall–Kier alpha value is -1.63. The van der Waals surface area contributed by atoms with Crippen LogP contribution in [0.4, 0.5) is 0 Å². The summed E-state index contributed by atoms with van der Waals surface area (Å²) >= 11 is 0. The van der Waals surface area contributed by atoms with Gasteiger partial charge in [0.15, 0.2) is 0 Å². The van der Waals surface area contributed by atoms with Crippen LogP contribution in [0.5, 0.6) is 0 Å². The number of nitrogens with zero attached hydrogens (tertiary/aromatic N) is 1. The first-order valence-electron chi connectivity index (χ1n) is 12.9. The Bertz CT molecular complexity index is 862. The quantitative estimate of drug-likeness (QED) is 0.448. The van der Waals surface area contributed by atoms with E-state index in [0.29, 0.717) is 10.8 Å². The lowest BCUT2D eigenvalue weighted by molar-refractivity contribution is -0.0145. The molecule has 0 aromatic carbocycles. The molecule has 0 amide bonds. The summed E-state index contributed by atoms with van der Waals surface area (Å²) in [5, 5.41) is 0. The largest absolute Gasteiger partial charge is 0.264 e. The summed E-state index contributed by atoms with van der Waals surface area (Å²) in [6, 6.07) is 4.36. The minimum absolute atomic E-state index is 0.336. The van der Waals surface area contributed by atoms with Gasteiger partial charge in [-0.25, -0.2) is 0 Å². The molecule has 0 aliphatic heterocycles. The lowest BCUT2D eigenvalue weighted by atomic mass is 9.46. The normalized spacial score (nSPS) is 38.5. The molecule has 1 aromatic rings. The molecule has 0 spiro atoms. The van der Waals surface area contributed by atoms with Crippen LogP contribution in [0.2, 0.25) is 0 Å². The van der Waals surface area contributed by atoms with Crippen LogP contribution in [0, 0.1) is 34.5 Å². The second-order valence-corrected chi connectivity index (χ2v) is 11.1. The molecule has 2 saturated carbocycles. The van der Waals surface area contributed by atoms with Crippen molar-refractivity contribution in [3.63, 3.8) is 0 Å². The van der Waals surface area contributed by atoms with Gasteiger partial charge in [0.25, 0.3) is 0 Å². The smallest absolute Gasteiger partial charge is 0.0343 e. The van der Waals surface area contributed by atoms with Gasteiger partial charge in [0.2, 0.25) is 0 Å². The monoisotopic (exact) mass is 417 g/mol. The average Bonchev–Trinajstić information content (AvgIpc) is 3.13. The maximum atomic E-state index is 4.42.